The molecule has 1 rings (SSSR count). The number of methoxy groups -OCH3 is 1. The molecule has 1 heterocycles. The Morgan fingerprint density at radius 1 is 1.67 bits per heavy atom. The maximum absolute atomic E-state index is 5.06. The van der Waals surface area contributed by atoms with Gasteiger partial charge in [-0.05, 0) is 18.7 Å². The average Bonchev–Trinajstić information content (AvgIpc) is 1.90. The van der Waals surface area contributed by atoms with Crippen LogP contribution in [0.25, 0.3) is 0 Å². The van der Waals surface area contributed by atoms with E-state index in [2.05, 4.69) is 5.32 Å². The zero-order valence-corrected chi connectivity index (χ0v) is 6.28. The molecule has 0 bridgehead atoms. The number of halogens is 1. The SMILES string of the molecule is COC1C=CNCC1.Cl. The van der Waals surface area contributed by atoms with Gasteiger partial charge in [0.2, 0.25) is 0 Å². The standard InChI is InChI=1S/C6H11NO.ClH/c1-8-6-2-4-7-5-3-6;/h2,4,6-7H,3,5H2,1H3;1H. The molecule has 0 aromatic rings. The topological polar surface area (TPSA) is 21.3 Å². The molecule has 0 fully saturated rings. The van der Waals surface area contributed by atoms with Crippen LogP contribution in [0.4, 0.5) is 0 Å². The maximum Gasteiger partial charge on any atom is 0.0785 e. The van der Waals surface area contributed by atoms with Crippen LogP contribution in [0.3, 0.4) is 0 Å². The number of nitrogens with one attached hydrogen (secondary N) is 1. The summed E-state index contributed by atoms with van der Waals surface area (Å²) < 4.78 is 5.06. The smallest absolute Gasteiger partial charge is 0.0785 e. The van der Waals surface area contributed by atoms with Crippen LogP contribution in [0.1, 0.15) is 6.42 Å². The monoisotopic (exact) mass is 149 g/mol. The summed E-state index contributed by atoms with van der Waals surface area (Å²) in [4.78, 5) is 0. The molecule has 1 N–H and O–H groups in total. The van der Waals surface area contributed by atoms with Gasteiger partial charge in [0, 0.05) is 13.7 Å². The van der Waals surface area contributed by atoms with Crippen molar-refractivity contribution in [3.63, 3.8) is 0 Å². The fourth-order valence-corrected chi connectivity index (χ4v) is 0.777. The Balaban J connectivity index is 0.000000640. The van der Waals surface area contributed by atoms with E-state index in [4.69, 9.17) is 4.74 Å². The molecule has 0 saturated heterocycles. The normalized spacial score (nSPS) is 24.3. The summed E-state index contributed by atoms with van der Waals surface area (Å²) in [5.41, 5.74) is 0. The van der Waals surface area contributed by atoms with Gasteiger partial charge in [-0.15, -0.1) is 12.4 Å². The van der Waals surface area contributed by atoms with Gasteiger partial charge in [-0.2, -0.15) is 0 Å². The molecular weight excluding hydrogens is 138 g/mol. The van der Waals surface area contributed by atoms with Crippen molar-refractivity contribution in [1.29, 1.82) is 0 Å². The highest BCUT2D eigenvalue weighted by molar-refractivity contribution is 5.85. The molecule has 0 aromatic carbocycles. The van der Waals surface area contributed by atoms with Gasteiger partial charge in [0.25, 0.3) is 0 Å². The Labute approximate surface area is 61.7 Å². The highest BCUT2D eigenvalue weighted by Gasteiger charge is 2.03. The summed E-state index contributed by atoms with van der Waals surface area (Å²) in [6, 6.07) is 0. The minimum Gasteiger partial charge on any atom is -0.391 e. The molecule has 0 spiro atoms. The van der Waals surface area contributed by atoms with Crippen LogP contribution in [-0.4, -0.2) is 19.8 Å². The van der Waals surface area contributed by atoms with Crippen LogP contribution in [0.15, 0.2) is 12.3 Å². The largest absolute Gasteiger partial charge is 0.391 e. The van der Waals surface area contributed by atoms with Crippen molar-refractivity contribution >= 4 is 12.4 Å². The van der Waals surface area contributed by atoms with Gasteiger partial charge < -0.3 is 10.1 Å². The molecule has 1 unspecified atom stereocenters. The summed E-state index contributed by atoms with van der Waals surface area (Å²) in [6.45, 7) is 1.04. The first-order valence-corrected chi connectivity index (χ1v) is 2.86. The molecule has 0 radical (unpaired) electrons. The lowest BCUT2D eigenvalue weighted by Gasteiger charge is -2.14. The molecule has 3 heteroatoms. The summed E-state index contributed by atoms with van der Waals surface area (Å²) in [5, 5.41) is 3.09. The Hall–Kier alpha value is -0.210. The van der Waals surface area contributed by atoms with Crippen molar-refractivity contribution < 1.29 is 4.74 Å². The van der Waals surface area contributed by atoms with E-state index in [0.29, 0.717) is 6.10 Å². The van der Waals surface area contributed by atoms with Gasteiger partial charge in [-0.1, -0.05) is 0 Å². The summed E-state index contributed by atoms with van der Waals surface area (Å²) >= 11 is 0. The van der Waals surface area contributed by atoms with Crippen LogP contribution in [0, 0.1) is 0 Å². The highest BCUT2D eigenvalue weighted by atomic mass is 35.5. The molecular formula is C6H12ClNO. The van der Waals surface area contributed by atoms with Gasteiger partial charge in [0.05, 0.1) is 6.10 Å². The second-order valence-electron chi connectivity index (χ2n) is 1.88. The fourth-order valence-electron chi connectivity index (χ4n) is 0.777. The number of hydrogen-bond donors (Lipinski definition) is 1. The van der Waals surface area contributed by atoms with Crippen LogP contribution >= 0.6 is 12.4 Å². The number of rotatable bonds is 1. The van der Waals surface area contributed by atoms with E-state index >= 15 is 0 Å². The molecule has 1 aliphatic rings. The number of ether oxygens (including phenoxy) is 1. The Bertz CT molecular complexity index is 95.1. The first kappa shape index (κ1) is 8.79. The molecule has 0 aromatic heterocycles. The van der Waals surface area contributed by atoms with Crippen LogP contribution in [0.5, 0.6) is 0 Å². The van der Waals surface area contributed by atoms with Crippen molar-refractivity contribution in [3.8, 4) is 0 Å². The molecule has 0 aliphatic carbocycles. The lowest BCUT2D eigenvalue weighted by Crippen LogP contribution is -2.21. The third kappa shape index (κ3) is 2.72. The maximum atomic E-state index is 5.06. The number of hydrogen-bond acceptors (Lipinski definition) is 2. The Morgan fingerprint density at radius 2 is 2.44 bits per heavy atom. The van der Waals surface area contributed by atoms with Crippen molar-refractivity contribution in [2.45, 2.75) is 12.5 Å². The van der Waals surface area contributed by atoms with Crippen LogP contribution < -0.4 is 5.32 Å². The lowest BCUT2D eigenvalue weighted by molar-refractivity contribution is 0.130. The summed E-state index contributed by atoms with van der Waals surface area (Å²) in [7, 11) is 1.74. The zero-order chi connectivity index (χ0) is 5.82. The first-order valence-electron chi connectivity index (χ1n) is 2.86. The predicted octanol–water partition coefficient (Wildman–Crippen LogP) is 0.930. The third-order valence-corrected chi connectivity index (χ3v) is 1.30. The molecule has 9 heavy (non-hydrogen) atoms. The van der Waals surface area contributed by atoms with E-state index in [1.54, 1.807) is 7.11 Å². The molecule has 0 saturated carbocycles. The van der Waals surface area contributed by atoms with E-state index in [-0.39, 0.29) is 12.4 Å². The fraction of sp³-hybridized carbons (Fsp3) is 0.667. The summed E-state index contributed by atoms with van der Waals surface area (Å²) in [5.74, 6) is 0. The third-order valence-electron chi connectivity index (χ3n) is 1.30. The summed E-state index contributed by atoms with van der Waals surface area (Å²) in [6.07, 6.45) is 5.41. The van der Waals surface area contributed by atoms with Gasteiger partial charge in [-0.25, -0.2) is 0 Å². The van der Waals surface area contributed by atoms with E-state index in [1.807, 2.05) is 12.3 Å². The van der Waals surface area contributed by atoms with Gasteiger partial charge >= 0.3 is 0 Å². The van der Waals surface area contributed by atoms with E-state index in [0.717, 1.165) is 13.0 Å². The van der Waals surface area contributed by atoms with Crippen molar-refractivity contribution in [1.82, 2.24) is 5.32 Å². The van der Waals surface area contributed by atoms with Crippen LogP contribution in [0.2, 0.25) is 0 Å². The van der Waals surface area contributed by atoms with Crippen molar-refractivity contribution in [2.24, 2.45) is 0 Å². The minimum absolute atomic E-state index is 0. The highest BCUT2D eigenvalue weighted by Crippen LogP contribution is 2.00. The minimum atomic E-state index is 0. The van der Waals surface area contributed by atoms with E-state index in [9.17, 15) is 0 Å². The Kier molecular flexibility index (Phi) is 4.54. The molecule has 1 atom stereocenters. The first-order chi connectivity index (χ1) is 3.93. The molecule has 1 aliphatic heterocycles. The molecule has 0 amide bonds. The van der Waals surface area contributed by atoms with Gasteiger partial charge in [0.15, 0.2) is 0 Å². The molecule has 54 valence electrons. The molecule has 2 nitrogen and oxygen atoms in total. The Morgan fingerprint density at radius 3 is 2.78 bits per heavy atom. The van der Waals surface area contributed by atoms with Crippen LogP contribution in [-0.2, 0) is 4.74 Å². The average molecular weight is 150 g/mol. The second-order valence-corrected chi connectivity index (χ2v) is 1.88. The predicted molar refractivity (Wildman–Crippen MR) is 39.8 cm³/mol. The second kappa shape index (κ2) is 4.65. The van der Waals surface area contributed by atoms with Gasteiger partial charge in [0.1, 0.15) is 0 Å². The lowest BCUT2D eigenvalue weighted by atomic mass is 10.2. The van der Waals surface area contributed by atoms with Crippen molar-refractivity contribution in [3.05, 3.63) is 12.3 Å². The zero-order valence-electron chi connectivity index (χ0n) is 5.46. The van der Waals surface area contributed by atoms with Gasteiger partial charge in [-0.3, -0.25) is 0 Å². The van der Waals surface area contributed by atoms with E-state index < -0.39 is 0 Å². The van der Waals surface area contributed by atoms with E-state index in [1.165, 1.54) is 0 Å². The quantitative estimate of drug-likeness (QED) is 0.599. The van der Waals surface area contributed by atoms with Crippen molar-refractivity contribution in [2.75, 3.05) is 13.7 Å².